The molecule has 0 aromatic heterocycles. The van der Waals surface area contributed by atoms with Crippen molar-refractivity contribution in [2.45, 2.75) is 19.9 Å². The highest BCUT2D eigenvalue weighted by Gasteiger charge is 2.19. The first kappa shape index (κ1) is 24.1. The maximum absolute atomic E-state index is 12.8. The molecule has 0 spiro atoms. The van der Waals surface area contributed by atoms with Crippen molar-refractivity contribution in [3.05, 3.63) is 89.4 Å². The zero-order valence-corrected chi connectivity index (χ0v) is 19.3. The van der Waals surface area contributed by atoms with Gasteiger partial charge in [0.2, 0.25) is 11.8 Å². The third kappa shape index (κ3) is 7.84. The van der Waals surface area contributed by atoms with Gasteiger partial charge < -0.3 is 20.3 Å². The van der Waals surface area contributed by atoms with Crippen LogP contribution < -0.4 is 20.3 Å². The van der Waals surface area contributed by atoms with Gasteiger partial charge in [0.15, 0.2) is 5.75 Å². The van der Waals surface area contributed by atoms with E-state index >= 15 is 0 Å². The Morgan fingerprint density at radius 3 is 2.30 bits per heavy atom. The number of halogens is 1. The largest absolute Gasteiger partial charge is 0.455 e. The molecule has 0 atom stereocenters. The predicted octanol–water partition coefficient (Wildman–Crippen LogP) is 4.78. The minimum atomic E-state index is -0.215. The van der Waals surface area contributed by atoms with E-state index in [1.165, 1.54) is 0 Å². The molecule has 33 heavy (non-hydrogen) atoms. The summed E-state index contributed by atoms with van der Waals surface area (Å²) >= 11 is 6.03. The predicted molar refractivity (Wildman–Crippen MR) is 132 cm³/mol. The minimum absolute atomic E-state index is 0.00469. The van der Waals surface area contributed by atoms with E-state index < -0.39 is 0 Å². The number of para-hydroxylation sites is 3. The van der Waals surface area contributed by atoms with Crippen molar-refractivity contribution in [3.63, 3.8) is 0 Å². The number of anilines is 1. The summed E-state index contributed by atoms with van der Waals surface area (Å²) in [6.07, 6.45) is 0.833. The smallest absolute Gasteiger partial charge is 0.239 e. The Morgan fingerprint density at radius 1 is 0.879 bits per heavy atom. The molecule has 0 unspecified atom stereocenters. The monoisotopic (exact) mass is 465 g/mol. The Morgan fingerprint density at radius 2 is 1.58 bits per heavy atom. The standard InChI is InChI=1S/C26H28ClN3O3/c1-2-15-28-25(31)18-30(19-26(32)29-17-20-9-8-10-21(27)16-20)23-13-6-7-14-24(23)33-22-11-4-3-5-12-22/h3-14,16H,2,15,17-19H2,1H3,(H,28,31)(H,29,32). The highest BCUT2D eigenvalue weighted by Crippen LogP contribution is 2.32. The number of rotatable bonds is 11. The summed E-state index contributed by atoms with van der Waals surface area (Å²) in [6.45, 7) is 2.94. The number of hydrogen-bond acceptors (Lipinski definition) is 4. The zero-order chi connectivity index (χ0) is 23.5. The van der Waals surface area contributed by atoms with E-state index in [9.17, 15) is 9.59 Å². The van der Waals surface area contributed by atoms with Crippen LogP contribution in [0.2, 0.25) is 5.02 Å². The quantitative estimate of drug-likeness (QED) is 0.427. The first-order valence-electron chi connectivity index (χ1n) is 10.9. The Balaban J connectivity index is 1.76. The number of amides is 2. The van der Waals surface area contributed by atoms with Gasteiger partial charge in [0.1, 0.15) is 5.75 Å². The lowest BCUT2D eigenvalue weighted by Gasteiger charge is -2.26. The molecule has 0 heterocycles. The summed E-state index contributed by atoms with van der Waals surface area (Å²) in [4.78, 5) is 27.0. The van der Waals surface area contributed by atoms with Crippen molar-refractivity contribution < 1.29 is 14.3 Å². The number of hydrogen-bond donors (Lipinski definition) is 2. The number of benzene rings is 3. The van der Waals surface area contributed by atoms with Gasteiger partial charge in [-0.2, -0.15) is 0 Å². The fourth-order valence-electron chi connectivity index (χ4n) is 3.22. The van der Waals surface area contributed by atoms with Crippen LogP contribution in [0.1, 0.15) is 18.9 Å². The van der Waals surface area contributed by atoms with Crippen LogP contribution in [-0.2, 0) is 16.1 Å². The van der Waals surface area contributed by atoms with Gasteiger partial charge >= 0.3 is 0 Å². The average molecular weight is 466 g/mol. The first-order valence-corrected chi connectivity index (χ1v) is 11.3. The van der Waals surface area contributed by atoms with E-state index in [-0.39, 0.29) is 24.9 Å². The maximum Gasteiger partial charge on any atom is 0.239 e. The summed E-state index contributed by atoms with van der Waals surface area (Å²) < 4.78 is 6.06. The second kappa shape index (κ2) is 12.5. The van der Waals surface area contributed by atoms with E-state index in [1.807, 2.05) is 73.7 Å². The molecule has 0 bridgehead atoms. The number of ether oxygens (including phenoxy) is 1. The van der Waals surface area contributed by atoms with Crippen LogP contribution in [0.15, 0.2) is 78.9 Å². The van der Waals surface area contributed by atoms with Crippen molar-refractivity contribution >= 4 is 29.1 Å². The average Bonchev–Trinajstić information content (AvgIpc) is 2.82. The second-order valence-electron chi connectivity index (χ2n) is 7.50. The van der Waals surface area contributed by atoms with Crippen molar-refractivity contribution in [1.29, 1.82) is 0 Å². The SMILES string of the molecule is CCCNC(=O)CN(CC(=O)NCc1cccc(Cl)c1)c1ccccc1Oc1ccccc1. The van der Waals surface area contributed by atoms with Crippen LogP contribution in [0.5, 0.6) is 11.5 Å². The van der Waals surface area contributed by atoms with Gasteiger partial charge in [0, 0.05) is 18.1 Å². The van der Waals surface area contributed by atoms with Crippen molar-refractivity contribution in [2.24, 2.45) is 0 Å². The van der Waals surface area contributed by atoms with Gasteiger partial charge in [0.25, 0.3) is 0 Å². The van der Waals surface area contributed by atoms with Crippen LogP contribution in [0.25, 0.3) is 0 Å². The van der Waals surface area contributed by atoms with Crippen molar-refractivity contribution in [3.8, 4) is 11.5 Å². The molecule has 7 heteroatoms. The van der Waals surface area contributed by atoms with E-state index in [0.29, 0.717) is 35.3 Å². The summed E-state index contributed by atoms with van der Waals surface area (Å²) in [5.74, 6) is 0.863. The molecule has 0 saturated carbocycles. The Labute approximate surface area is 199 Å². The maximum atomic E-state index is 12.8. The molecular weight excluding hydrogens is 438 g/mol. The molecule has 3 aromatic carbocycles. The molecule has 2 N–H and O–H groups in total. The molecule has 2 amide bonds. The van der Waals surface area contributed by atoms with Crippen LogP contribution in [0, 0.1) is 0 Å². The molecule has 0 aliphatic carbocycles. The Hall–Kier alpha value is -3.51. The van der Waals surface area contributed by atoms with Gasteiger partial charge in [0.05, 0.1) is 18.8 Å². The Bertz CT molecular complexity index is 1060. The fourth-order valence-corrected chi connectivity index (χ4v) is 3.43. The number of carbonyl (C=O) groups excluding carboxylic acids is 2. The molecule has 172 valence electrons. The minimum Gasteiger partial charge on any atom is -0.455 e. The zero-order valence-electron chi connectivity index (χ0n) is 18.6. The lowest BCUT2D eigenvalue weighted by atomic mass is 10.2. The van der Waals surface area contributed by atoms with Crippen LogP contribution in [0.4, 0.5) is 5.69 Å². The summed E-state index contributed by atoms with van der Waals surface area (Å²) in [7, 11) is 0. The van der Waals surface area contributed by atoms with Gasteiger partial charge in [-0.1, -0.05) is 61.0 Å². The normalized spacial score (nSPS) is 10.4. The molecule has 0 aliphatic rings. The van der Waals surface area contributed by atoms with Gasteiger partial charge in [-0.3, -0.25) is 9.59 Å². The molecular formula is C26H28ClN3O3. The lowest BCUT2D eigenvalue weighted by Crippen LogP contribution is -2.43. The molecule has 6 nitrogen and oxygen atoms in total. The fraction of sp³-hybridized carbons (Fsp3) is 0.231. The van der Waals surface area contributed by atoms with E-state index in [2.05, 4.69) is 10.6 Å². The van der Waals surface area contributed by atoms with Crippen LogP contribution in [-0.4, -0.2) is 31.4 Å². The highest BCUT2D eigenvalue weighted by molar-refractivity contribution is 6.30. The van der Waals surface area contributed by atoms with Crippen LogP contribution >= 0.6 is 11.6 Å². The summed E-state index contributed by atoms with van der Waals surface area (Å²) in [6, 6.07) is 24.1. The lowest BCUT2D eigenvalue weighted by molar-refractivity contribution is -0.120. The van der Waals surface area contributed by atoms with Gasteiger partial charge in [-0.15, -0.1) is 0 Å². The topological polar surface area (TPSA) is 70.7 Å². The number of carbonyl (C=O) groups is 2. The molecule has 0 aliphatic heterocycles. The van der Waals surface area contributed by atoms with E-state index in [1.54, 1.807) is 17.0 Å². The van der Waals surface area contributed by atoms with Crippen LogP contribution in [0.3, 0.4) is 0 Å². The third-order valence-corrected chi connectivity index (χ3v) is 5.03. The number of nitrogens with one attached hydrogen (secondary N) is 2. The highest BCUT2D eigenvalue weighted by atomic mass is 35.5. The van der Waals surface area contributed by atoms with Crippen molar-refractivity contribution in [2.75, 3.05) is 24.5 Å². The first-order chi connectivity index (χ1) is 16.0. The Kier molecular flexibility index (Phi) is 9.15. The summed E-state index contributed by atoms with van der Waals surface area (Å²) in [5.41, 5.74) is 1.56. The second-order valence-corrected chi connectivity index (χ2v) is 7.93. The third-order valence-electron chi connectivity index (χ3n) is 4.80. The molecule has 0 radical (unpaired) electrons. The number of nitrogens with zero attached hydrogens (tertiary/aromatic N) is 1. The van der Waals surface area contributed by atoms with E-state index in [4.69, 9.17) is 16.3 Å². The molecule has 0 saturated heterocycles. The van der Waals surface area contributed by atoms with E-state index in [0.717, 1.165) is 12.0 Å². The van der Waals surface area contributed by atoms with Gasteiger partial charge in [-0.25, -0.2) is 0 Å². The summed E-state index contributed by atoms with van der Waals surface area (Å²) in [5, 5.41) is 6.39. The molecule has 3 aromatic rings. The molecule has 3 rings (SSSR count). The van der Waals surface area contributed by atoms with Crippen molar-refractivity contribution in [1.82, 2.24) is 10.6 Å². The van der Waals surface area contributed by atoms with Gasteiger partial charge in [-0.05, 0) is 48.4 Å². The molecule has 0 fully saturated rings.